The van der Waals surface area contributed by atoms with E-state index in [-0.39, 0.29) is 0 Å². The van der Waals surface area contributed by atoms with Gasteiger partial charge in [-0.2, -0.15) is 0 Å². The lowest BCUT2D eigenvalue weighted by molar-refractivity contribution is 0.197. The van der Waals surface area contributed by atoms with Gasteiger partial charge in [0.25, 0.3) is 0 Å². The summed E-state index contributed by atoms with van der Waals surface area (Å²) in [6.07, 6.45) is 14.5. The van der Waals surface area contributed by atoms with E-state index in [9.17, 15) is 0 Å². The first kappa shape index (κ1) is 20.3. The largest absolute Gasteiger partial charge is 0.382 e. The topological polar surface area (TPSA) is 72.9 Å². The fourth-order valence-corrected chi connectivity index (χ4v) is 5.98. The first-order valence-corrected chi connectivity index (χ1v) is 11.9. The van der Waals surface area contributed by atoms with Gasteiger partial charge in [-0.25, -0.2) is 15.0 Å². The number of benzene rings is 1. The molecule has 1 fully saturated rings. The Morgan fingerprint density at radius 2 is 2.06 bits per heavy atom. The highest BCUT2D eigenvalue weighted by atomic mass is 32.2. The number of likely N-dealkylation sites (tertiary alicyclic amines) is 1. The second-order valence-electron chi connectivity index (χ2n) is 8.75. The summed E-state index contributed by atoms with van der Waals surface area (Å²) in [6, 6.07) is 4.45. The molecular formula is C24H28N6S. The summed E-state index contributed by atoms with van der Waals surface area (Å²) in [7, 11) is 2.21. The van der Waals surface area contributed by atoms with Gasteiger partial charge in [0.15, 0.2) is 22.1 Å². The third-order valence-electron chi connectivity index (χ3n) is 6.56. The molecule has 1 aliphatic heterocycles. The van der Waals surface area contributed by atoms with Crippen LogP contribution in [0.25, 0.3) is 11.2 Å². The van der Waals surface area contributed by atoms with E-state index in [1.54, 1.807) is 11.8 Å². The molecule has 0 saturated carbocycles. The van der Waals surface area contributed by atoms with Crippen molar-refractivity contribution in [3.63, 3.8) is 0 Å². The van der Waals surface area contributed by atoms with Gasteiger partial charge in [-0.05, 0) is 81.3 Å². The first-order valence-electron chi connectivity index (χ1n) is 11.1. The van der Waals surface area contributed by atoms with Crippen molar-refractivity contribution in [2.45, 2.75) is 55.1 Å². The number of nitrogen functional groups attached to an aromatic ring is 1. The molecule has 0 amide bonds. The highest BCUT2D eigenvalue weighted by Crippen LogP contribution is 2.36. The SMILES string of the molecule is C#Cc1cc2c(cc1Sc1nc3c(N)ncnc3n1CCC1CCCN(C)C1)CCC2. The molecule has 2 aromatic heterocycles. The maximum Gasteiger partial charge on any atom is 0.175 e. The second-order valence-corrected chi connectivity index (χ2v) is 9.76. The van der Waals surface area contributed by atoms with Crippen LogP contribution in [0.2, 0.25) is 0 Å². The van der Waals surface area contributed by atoms with E-state index in [4.69, 9.17) is 17.1 Å². The van der Waals surface area contributed by atoms with Crippen molar-refractivity contribution in [1.82, 2.24) is 24.4 Å². The number of aryl methyl sites for hydroxylation is 3. The Bertz CT molecular complexity index is 1160. The monoisotopic (exact) mass is 432 g/mol. The summed E-state index contributed by atoms with van der Waals surface area (Å²) in [5, 5.41) is 0.890. The van der Waals surface area contributed by atoms with E-state index in [0.717, 1.165) is 53.6 Å². The van der Waals surface area contributed by atoms with Crippen molar-refractivity contribution < 1.29 is 0 Å². The number of nitrogens with zero attached hydrogens (tertiary/aromatic N) is 5. The molecule has 160 valence electrons. The van der Waals surface area contributed by atoms with E-state index in [0.29, 0.717) is 17.3 Å². The summed E-state index contributed by atoms with van der Waals surface area (Å²) in [6.45, 7) is 3.21. The van der Waals surface area contributed by atoms with Crippen molar-refractivity contribution in [2.75, 3.05) is 25.9 Å². The molecule has 1 aliphatic carbocycles. The molecule has 3 heterocycles. The number of anilines is 1. The third kappa shape index (κ3) is 4.02. The Labute approximate surface area is 187 Å². The predicted octanol–water partition coefficient (Wildman–Crippen LogP) is 3.76. The highest BCUT2D eigenvalue weighted by molar-refractivity contribution is 7.99. The molecule has 1 aromatic carbocycles. The van der Waals surface area contributed by atoms with E-state index >= 15 is 0 Å². The van der Waals surface area contributed by atoms with Gasteiger partial charge in [0.05, 0.1) is 0 Å². The fourth-order valence-electron chi connectivity index (χ4n) is 4.93. The second kappa shape index (κ2) is 8.52. The Morgan fingerprint density at radius 3 is 2.87 bits per heavy atom. The Kier molecular flexibility index (Phi) is 5.59. The van der Waals surface area contributed by atoms with Gasteiger partial charge in [-0.3, -0.25) is 0 Å². The van der Waals surface area contributed by atoms with Gasteiger partial charge >= 0.3 is 0 Å². The van der Waals surface area contributed by atoms with E-state index in [1.807, 2.05) is 0 Å². The minimum absolute atomic E-state index is 0.425. The molecule has 2 N–H and O–H groups in total. The summed E-state index contributed by atoms with van der Waals surface area (Å²) < 4.78 is 2.21. The summed E-state index contributed by atoms with van der Waals surface area (Å²) in [4.78, 5) is 17.0. The number of hydrogen-bond donors (Lipinski definition) is 1. The van der Waals surface area contributed by atoms with E-state index < -0.39 is 0 Å². The highest BCUT2D eigenvalue weighted by Gasteiger charge is 2.22. The first-order chi connectivity index (χ1) is 15.1. The lowest BCUT2D eigenvalue weighted by Crippen LogP contribution is -2.32. The van der Waals surface area contributed by atoms with Crippen LogP contribution in [0.3, 0.4) is 0 Å². The van der Waals surface area contributed by atoms with Crippen molar-refractivity contribution in [1.29, 1.82) is 0 Å². The number of terminal acetylenes is 1. The maximum atomic E-state index is 6.14. The molecule has 1 saturated heterocycles. The molecule has 0 spiro atoms. The molecule has 2 aliphatic rings. The standard InChI is InChI=1S/C24H28N6S/c1-3-17-12-18-7-4-8-19(18)13-20(17)31-24-28-21-22(25)26-15-27-23(21)30(24)11-9-16-6-5-10-29(2)14-16/h1,12-13,15-16H,4-11,14H2,2H3,(H2,25,26,27). The van der Waals surface area contributed by atoms with Gasteiger partial charge < -0.3 is 15.2 Å². The van der Waals surface area contributed by atoms with Crippen LogP contribution in [0.5, 0.6) is 0 Å². The van der Waals surface area contributed by atoms with Crippen LogP contribution >= 0.6 is 11.8 Å². The molecule has 0 bridgehead atoms. The zero-order valence-electron chi connectivity index (χ0n) is 18.0. The van der Waals surface area contributed by atoms with Crippen LogP contribution in [0, 0.1) is 18.3 Å². The maximum absolute atomic E-state index is 6.14. The molecule has 31 heavy (non-hydrogen) atoms. The number of piperidine rings is 1. The van der Waals surface area contributed by atoms with E-state index in [1.165, 1.54) is 43.3 Å². The lowest BCUT2D eigenvalue weighted by Gasteiger charge is -2.29. The molecule has 6 nitrogen and oxygen atoms in total. The fraction of sp³-hybridized carbons (Fsp3) is 0.458. The van der Waals surface area contributed by atoms with Gasteiger partial charge in [-0.1, -0.05) is 17.7 Å². The molecule has 7 heteroatoms. The summed E-state index contributed by atoms with van der Waals surface area (Å²) >= 11 is 1.63. The number of rotatable bonds is 5. The van der Waals surface area contributed by atoms with Crippen molar-refractivity contribution in [3.8, 4) is 12.3 Å². The average molecular weight is 433 g/mol. The van der Waals surface area contributed by atoms with Crippen LogP contribution in [0.1, 0.15) is 42.4 Å². The molecule has 1 unspecified atom stereocenters. The smallest absolute Gasteiger partial charge is 0.175 e. The van der Waals surface area contributed by atoms with Crippen molar-refractivity contribution >= 4 is 28.7 Å². The van der Waals surface area contributed by atoms with Gasteiger partial charge in [0.2, 0.25) is 0 Å². The Hall–Kier alpha value is -2.56. The Balaban J connectivity index is 1.49. The van der Waals surface area contributed by atoms with Crippen LogP contribution < -0.4 is 5.73 Å². The van der Waals surface area contributed by atoms with Gasteiger partial charge in [0.1, 0.15) is 6.33 Å². The van der Waals surface area contributed by atoms with Crippen LogP contribution in [0.4, 0.5) is 5.82 Å². The van der Waals surface area contributed by atoms with Gasteiger partial charge in [-0.15, -0.1) is 6.42 Å². The number of imidazole rings is 1. The molecule has 3 aromatic rings. The third-order valence-corrected chi connectivity index (χ3v) is 7.61. The zero-order valence-corrected chi connectivity index (χ0v) is 18.8. The molecular weight excluding hydrogens is 404 g/mol. The predicted molar refractivity (Wildman–Crippen MR) is 125 cm³/mol. The quantitative estimate of drug-likeness (QED) is 0.619. The van der Waals surface area contributed by atoms with Crippen LogP contribution in [-0.2, 0) is 19.4 Å². The van der Waals surface area contributed by atoms with Gasteiger partial charge in [0, 0.05) is 23.5 Å². The van der Waals surface area contributed by atoms with E-state index in [2.05, 4.69) is 44.5 Å². The Morgan fingerprint density at radius 1 is 1.23 bits per heavy atom. The van der Waals surface area contributed by atoms with Crippen molar-refractivity contribution in [2.24, 2.45) is 5.92 Å². The van der Waals surface area contributed by atoms with Crippen LogP contribution in [-0.4, -0.2) is 44.6 Å². The number of aromatic nitrogens is 4. The molecule has 1 atom stereocenters. The minimum Gasteiger partial charge on any atom is -0.382 e. The van der Waals surface area contributed by atoms with Crippen molar-refractivity contribution in [3.05, 3.63) is 35.2 Å². The average Bonchev–Trinajstić information content (AvgIpc) is 3.36. The number of hydrogen-bond acceptors (Lipinski definition) is 6. The lowest BCUT2D eigenvalue weighted by atomic mass is 9.95. The summed E-state index contributed by atoms with van der Waals surface area (Å²) in [5.74, 6) is 4.00. The minimum atomic E-state index is 0.425. The zero-order chi connectivity index (χ0) is 21.4. The molecule has 5 rings (SSSR count). The number of fused-ring (bicyclic) bond motifs is 2. The number of nitrogens with two attached hydrogens (primary N) is 1. The van der Waals surface area contributed by atoms with Crippen LogP contribution in [0.15, 0.2) is 28.5 Å². The summed E-state index contributed by atoms with van der Waals surface area (Å²) in [5.41, 5.74) is 11.4. The molecule has 0 radical (unpaired) electrons. The normalized spacial score (nSPS) is 18.9.